The molecule has 0 aliphatic heterocycles. The number of rotatable bonds is 19. The minimum absolute atomic E-state index is 0.180. The molecule has 1 N–H and O–H groups in total. The first-order valence-electron chi connectivity index (χ1n) is 15.2. The van der Waals surface area contributed by atoms with Crippen molar-refractivity contribution >= 4 is 17.7 Å². The number of nitrogens with zero attached hydrogens (tertiary/aromatic N) is 1. The molecular weight excluding hydrogens is 524 g/mol. The summed E-state index contributed by atoms with van der Waals surface area (Å²) in [5.74, 6) is 0.883. The van der Waals surface area contributed by atoms with Crippen LogP contribution in [0.15, 0.2) is 36.4 Å². The number of esters is 1. The number of hydrogen-bond acceptors (Lipinski definition) is 7. The minimum atomic E-state index is -0.878. The molecule has 1 amide bonds. The standard InChI is InChI=1S/C17H22N2O6.C15H28O/c1-3-4-5-6-7-16(20)18-13(2)17(21)25-15-10-8-14(9-11-15)12-24-19(22)23;1-2-3-4-5-6-11-15(16)13-12-14-9-7-8-10-14/h3-4,8-11,13H,5-7,12H2,1-2H3,(H,18,20);14H,2-13H2,1H3/b4-3-;. The highest BCUT2D eigenvalue weighted by Crippen LogP contribution is 2.28. The molecule has 0 aromatic heterocycles. The SMILES string of the molecule is C/C=C\CCCC(=O)NC(C)C(=O)Oc1ccc(CO[N+](=O)[O-])cc1.CCCCCCCC(=O)CCC1CCCC1. The van der Waals surface area contributed by atoms with Crippen molar-refractivity contribution in [3.63, 3.8) is 0 Å². The van der Waals surface area contributed by atoms with Crippen molar-refractivity contribution in [1.29, 1.82) is 0 Å². The molecule has 1 atom stereocenters. The van der Waals surface area contributed by atoms with Gasteiger partial charge in [-0.2, -0.15) is 0 Å². The third kappa shape index (κ3) is 18.7. The zero-order valence-electron chi connectivity index (χ0n) is 25.2. The second kappa shape index (κ2) is 22.5. The number of Topliss-reactive ketones (excluding diaryl/α,β-unsaturated/α-hetero) is 1. The third-order valence-corrected chi connectivity index (χ3v) is 7.09. The number of ketones is 1. The lowest BCUT2D eigenvalue weighted by atomic mass is 9.98. The molecule has 2 rings (SSSR count). The van der Waals surface area contributed by atoms with E-state index >= 15 is 0 Å². The summed E-state index contributed by atoms with van der Waals surface area (Å²) in [4.78, 5) is 49.7. The van der Waals surface area contributed by atoms with Crippen molar-refractivity contribution in [3.05, 3.63) is 52.1 Å². The molecule has 1 saturated carbocycles. The van der Waals surface area contributed by atoms with Gasteiger partial charge < -0.3 is 14.9 Å². The zero-order valence-corrected chi connectivity index (χ0v) is 25.2. The molecule has 41 heavy (non-hydrogen) atoms. The summed E-state index contributed by atoms with van der Waals surface area (Å²) in [6.07, 6.45) is 20.5. The highest BCUT2D eigenvalue weighted by molar-refractivity contribution is 5.85. The molecule has 0 heterocycles. The van der Waals surface area contributed by atoms with Crippen molar-refractivity contribution in [2.75, 3.05) is 0 Å². The van der Waals surface area contributed by atoms with Gasteiger partial charge in [0.05, 0.1) is 0 Å². The van der Waals surface area contributed by atoms with Gasteiger partial charge in [-0.1, -0.05) is 82.6 Å². The van der Waals surface area contributed by atoms with Crippen LogP contribution in [0.2, 0.25) is 0 Å². The van der Waals surface area contributed by atoms with Gasteiger partial charge in [-0.25, -0.2) is 4.79 Å². The van der Waals surface area contributed by atoms with Crippen molar-refractivity contribution < 1.29 is 29.0 Å². The molecule has 9 heteroatoms. The summed E-state index contributed by atoms with van der Waals surface area (Å²) >= 11 is 0. The number of hydrogen-bond donors (Lipinski definition) is 1. The molecule has 9 nitrogen and oxygen atoms in total. The first kappa shape index (κ1) is 35.8. The van der Waals surface area contributed by atoms with Gasteiger partial charge >= 0.3 is 5.97 Å². The van der Waals surface area contributed by atoms with Crippen LogP contribution in [0, 0.1) is 16.0 Å². The first-order valence-corrected chi connectivity index (χ1v) is 15.2. The molecule has 0 bridgehead atoms. The molecule has 1 aromatic rings. The minimum Gasteiger partial charge on any atom is -0.425 e. The number of benzene rings is 1. The summed E-state index contributed by atoms with van der Waals surface area (Å²) < 4.78 is 5.16. The summed E-state index contributed by atoms with van der Waals surface area (Å²) in [7, 11) is 0. The maximum absolute atomic E-state index is 12.0. The maximum Gasteiger partial charge on any atom is 0.333 e. The largest absolute Gasteiger partial charge is 0.425 e. The molecule has 1 fully saturated rings. The predicted octanol–water partition coefficient (Wildman–Crippen LogP) is 7.44. The number of unbranched alkanes of at least 4 members (excludes halogenated alkanes) is 5. The van der Waals surface area contributed by atoms with E-state index in [9.17, 15) is 24.5 Å². The smallest absolute Gasteiger partial charge is 0.333 e. The first-order chi connectivity index (χ1) is 19.7. The molecule has 0 saturated heterocycles. The van der Waals surface area contributed by atoms with Crippen LogP contribution in [0.3, 0.4) is 0 Å². The van der Waals surface area contributed by atoms with Crippen LogP contribution in [0.25, 0.3) is 0 Å². The van der Waals surface area contributed by atoms with Crippen LogP contribution in [0.1, 0.15) is 123 Å². The number of carbonyl (C=O) groups excluding carboxylic acids is 3. The fraction of sp³-hybridized carbons (Fsp3) is 0.656. The van der Waals surface area contributed by atoms with Gasteiger partial charge in [-0.3, -0.25) is 9.59 Å². The topological polar surface area (TPSA) is 125 Å². The summed E-state index contributed by atoms with van der Waals surface area (Å²) in [5, 5.41) is 11.8. The third-order valence-electron chi connectivity index (χ3n) is 7.09. The van der Waals surface area contributed by atoms with Gasteiger partial charge in [0, 0.05) is 19.3 Å². The molecule has 1 aromatic carbocycles. The van der Waals surface area contributed by atoms with Crippen LogP contribution in [-0.2, 0) is 25.8 Å². The molecule has 1 aliphatic carbocycles. The van der Waals surface area contributed by atoms with E-state index in [2.05, 4.69) is 17.1 Å². The van der Waals surface area contributed by atoms with Gasteiger partial charge in [0.25, 0.3) is 5.09 Å². The van der Waals surface area contributed by atoms with Gasteiger partial charge in [-0.05, 0) is 63.1 Å². The van der Waals surface area contributed by atoms with Crippen molar-refractivity contribution in [3.8, 4) is 5.75 Å². The summed E-state index contributed by atoms with van der Waals surface area (Å²) in [6, 6.07) is 5.34. The number of nitrogens with one attached hydrogen (secondary N) is 1. The Morgan fingerprint density at radius 3 is 2.34 bits per heavy atom. The Morgan fingerprint density at radius 1 is 1.02 bits per heavy atom. The summed E-state index contributed by atoms with van der Waals surface area (Å²) in [5.41, 5.74) is 0.568. The second-order valence-corrected chi connectivity index (χ2v) is 10.7. The number of carbonyl (C=O) groups is 3. The number of ether oxygens (including phenoxy) is 1. The van der Waals surface area contributed by atoms with E-state index in [0.717, 1.165) is 31.6 Å². The van der Waals surface area contributed by atoms with Crippen molar-refractivity contribution in [2.24, 2.45) is 5.92 Å². The Balaban J connectivity index is 0.000000452. The zero-order chi connectivity index (χ0) is 30.3. The van der Waals surface area contributed by atoms with E-state index in [1.54, 1.807) is 19.1 Å². The van der Waals surface area contributed by atoms with E-state index in [-0.39, 0.29) is 18.3 Å². The van der Waals surface area contributed by atoms with Crippen molar-refractivity contribution in [1.82, 2.24) is 5.32 Å². The molecule has 0 spiro atoms. The average Bonchev–Trinajstić information content (AvgIpc) is 3.48. The van der Waals surface area contributed by atoms with Crippen LogP contribution >= 0.6 is 0 Å². The van der Waals surface area contributed by atoms with Crippen molar-refractivity contribution in [2.45, 2.75) is 130 Å². The fourth-order valence-electron chi connectivity index (χ4n) is 4.62. The molecule has 1 aliphatic rings. The molecule has 230 valence electrons. The second-order valence-electron chi connectivity index (χ2n) is 10.7. The normalized spacial score (nSPS) is 13.7. The summed E-state index contributed by atoms with van der Waals surface area (Å²) in [6.45, 7) is 5.51. The quantitative estimate of drug-likeness (QED) is 0.0454. The Kier molecular flexibility index (Phi) is 19.6. The maximum atomic E-state index is 12.0. The monoisotopic (exact) mass is 574 g/mol. The van der Waals surface area contributed by atoms with Crippen LogP contribution < -0.4 is 10.1 Å². The van der Waals surface area contributed by atoms with E-state index in [0.29, 0.717) is 24.2 Å². The van der Waals surface area contributed by atoms with E-state index in [1.807, 2.05) is 19.1 Å². The van der Waals surface area contributed by atoms with Crippen LogP contribution in [0.4, 0.5) is 0 Å². The van der Waals surface area contributed by atoms with E-state index in [4.69, 9.17) is 4.74 Å². The predicted molar refractivity (Wildman–Crippen MR) is 160 cm³/mol. The van der Waals surface area contributed by atoms with E-state index < -0.39 is 17.1 Å². The highest BCUT2D eigenvalue weighted by Gasteiger charge is 2.18. The van der Waals surface area contributed by atoms with Crippen LogP contribution in [0.5, 0.6) is 5.75 Å². The number of amides is 1. The lowest BCUT2D eigenvalue weighted by molar-refractivity contribution is -0.763. The average molecular weight is 575 g/mol. The Hall–Kier alpha value is -3.23. The van der Waals surface area contributed by atoms with E-state index in [1.165, 1.54) is 69.9 Å². The fourth-order valence-corrected chi connectivity index (χ4v) is 4.62. The van der Waals surface area contributed by atoms with Gasteiger partial charge in [0.15, 0.2) is 0 Å². The van der Waals surface area contributed by atoms with Crippen LogP contribution in [-0.4, -0.2) is 28.8 Å². The van der Waals surface area contributed by atoms with Gasteiger partial charge in [-0.15, -0.1) is 10.1 Å². The van der Waals surface area contributed by atoms with Gasteiger partial charge in [0.1, 0.15) is 24.2 Å². The highest BCUT2D eigenvalue weighted by atomic mass is 16.9. The number of allylic oxidation sites excluding steroid dienone is 2. The molecule has 0 radical (unpaired) electrons. The Bertz CT molecular complexity index is 924. The molecule has 1 unspecified atom stereocenters. The Morgan fingerprint density at radius 2 is 1.71 bits per heavy atom. The lowest BCUT2D eigenvalue weighted by Gasteiger charge is -2.13. The Labute approximate surface area is 245 Å². The molecular formula is C32H50N2O7. The lowest BCUT2D eigenvalue weighted by Crippen LogP contribution is -2.40. The van der Waals surface area contributed by atoms with Gasteiger partial charge in [0.2, 0.25) is 5.91 Å².